The van der Waals surface area contributed by atoms with Gasteiger partial charge in [0.25, 0.3) is 10.0 Å². The Hall–Kier alpha value is -1.87. The lowest BCUT2D eigenvalue weighted by Gasteiger charge is -2.24. The second-order valence-electron chi connectivity index (χ2n) is 3.82. The lowest BCUT2D eigenvalue weighted by Crippen LogP contribution is -2.35. The molecular formula is C11H11N3O2S. The third kappa shape index (κ3) is 2.01. The van der Waals surface area contributed by atoms with Crippen LogP contribution < -0.4 is 0 Å². The van der Waals surface area contributed by atoms with Crippen molar-refractivity contribution in [1.29, 1.82) is 5.26 Å². The van der Waals surface area contributed by atoms with Crippen molar-refractivity contribution in [2.75, 3.05) is 6.54 Å². The Balaban J connectivity index is 2.42. The molecule has 0 aromatic heterocycles. The normalized spacial score (nSPS) is 18.2. The third-order valence-electron chi connectivity index (χ3n) is 2.45. The van der Waals surface area contributed by atoms with Crippen LogP contribution in [0.2, 0.25) is 0 Å². The minimum Gasteiger partial charge on any atom is -0.255 e. The monoisotopic (exact) mass is 249 g/mol. The Morgan fingerprint density at radius 1 is 1.47 bits per heavy atom. The van der Waals surface area contributed by atoms with Crippen LogP contribution in [0.25, 0.3) is 0 Å². The average molecular weight is 249 g/mol. The molecule has 0 N–H and O–H groups in total. The second kappa shape index (κ2) is 4.18. The molecule has 0 aliphatic carbocycles. The number of fused-ring (bicyclic) bond motifs is 1. The largest absolute Gasteiger partial charge is 0.267 e. The zero-order chi connectivity index (χ0) is 12.5. The third-order valence-corrected chi connectivity index (χ3v) is 4.21. The number of sulfonamides is 1. The highest BCUT2D eigenvalue weighted by Gasteiger charge is 2.29. The molecule has 0 saturated carbocycles. The van der Waals surface area contributed by atoms with Crippen LogP contribution in [-0.2, 0) is 10.0 Å². The van der Waals surface area contributed by atoms with E-state index in [2.05, 4.69) is 4.99 Å². The van der Waals surface area contributed by atoms with E-state index < -0.39 is 10.0 Å². The molecule has 0 radical (unpaired) electrons. The Bertz CT molecular complexity index is 601. The molecule has 1 aliphatic heterocycles. The first kappa shape index (κ1) is 11.6. The summed E-state index contributed by atoms with van der Waals surface area (Å²) in [4.78, 5) is 4.26. The molecule has 1 heterocycles. The van der Waals surface area contributed by atoms with Crippen LogP contribution >= 0.6 is 0 Å². The van der Waals surface area contributed by atoms with Gasteiger partial charge < -0.3 is 0 Å². The molecule has 0 saturated heterocycles. The van der Waals surface area contributed by atoms with Crippen molar-refractivity contribution in [3.63, 3.8) is 0 Å². The van der Waals surface area contributed by atoms with Gasteiger partial charge in [-0.15, -0.1) is 0 Å². The number of hydrogen-bond acceptors (Lipinski definition) is 4. The van der Waals surface area contributed by atoms with Crippen LogP contribution in [0.15, 0.2) is 34.2 Å². The molecule has 1 atom stereocenters. The molecule has 0 bridgehead atoms. The smallest absolute Gasteiger partial charge is 0.255 e. The topological polar surface area (TPSA) is 73.5 Å². The maximum atomic E-state index is 12.2. The van der Waals surface area contributed by atoms with Crippen molar-refractivity contribution < 1.29 is 8.42 Å². The number of nitrogens with zero attached hydrogens (tertiary/aromatic N) is 3. The van der Waals surface area contributed by atoms with Crippen LogP contribution in [0.4, 0.5) is 5.69 Å². The van der Waals surface area contributed by atoms with E-state index in [9.17, 15) is 8.42 Å². The standard InChI is InChI=1S/C11H11N3O2S/c1-9(6-12)7-14-8-13-10-4-2-3-5-11(10)17(14,15)16/h2-5,8-9H,7H2,1H3. The highest BCUT2D eigenvalue weighted by atomic mass is 32.2. The predicted octanol–water partition coefficient (Wildman–Crippen LogP) is 1.51. The van der Waals surface area contributed by atoms with Crippen molar-refractivity contribution in [3.05, 3.63) is 24.3 Å². The van der Waals surface area contributed by atoms with Gasteiger partial charge in [0.15, 0.2) is 0 Å². The van der Waals surface area contributed by atoms with Gasteiger partial charge in [-0.2, -0.15) is 5.26 Å². The predicted molar refractivity (Wildman–Crippen MR) is 63.3 cm³/mol. The molecule has 88 valence electrons. The van der Waals surface area contributed by atoms with Crippen molar-refractivity contribution in [2.45, 2.75) is 11.8 Å². The molecule has 5 nitrogen and oxygen atoms in total. The number of benzene rings is 1. The van der Waals surface area contributed by atoms with E-state index in [1.54, 1.807) is 25.1 Å². The molecule has 1 unspecified atom stereocenters. The van der Waals surface area contributed by atoms with E-state index in [0.29, 0.717) is 5.69 Å². The maximum absolute atomic E-state index is 12.2. The number of rotatable bonds is 2. The molecule has 1 aliphatic rings. The highest BCUT2D eigenvalue weighted by molar-refractivity contribution is 7.89. The van der Waals surface area contributed by atoms with E-state index in [1.807, 2.05) is 6.07 Å². The SMILES string of the molecule is CC(C#N)CN1C=Nc2ccccc2S1(=O)=O. The van der Waals surface area contributed by atoms with E-state index in [0.717, 1.165) is 4.31 Å². The summed E-state index contributed by atoms with van der Waals surface area (Å²) >= 11 is 0. The minimum absolute atomic E-state index is 0.122. The van der Waals surface area contributed by atoms with Crippen LogP contribution in [0, 0.1) is 17.2 Å². The van der Waals surface area contributed by atoms with Crippen LogP contribution in [0.5, 0.6) is 0 Å². The molecule has 0 amide bonds. The number of aliphatic imine (C=N–C) groups is 1. The molecule has 6 heteroatoms. The summed E-state index contributed by atoms with van der Waals surface area (Å²) in [6.07, 6.45) is 1.27. The summed E-state index contributed by atoms with van der Waals surface area (Å²) in [7, 11) is -3.56. The van der Waals surface area contributed by atoms with E-state index in [-0.39, 0.29) is 17.4 Å². The van der Waals surface area contributed by atoms with Crippen molar-refractivity contribution in [1.82, 2.24) is 4.31 Å². The van der Waals surface area contributed by atoms with Gasteiger partial charge in [-0.25, -0.2) is 13.4 Å². The van der Waals surface area contributed by atoms with Crippen LogP contribution in [0.1, 0.15) is 6.92 Å². The Morgan fingerprint density at radius 2 is 2.18 bits per heavy atom. The Kier molecular flexibility index (Phi) is 2.86. The summed E-state index contributed by atoms with van der Waals surface area (Å²) < 4.78 is 25.5. The minimum atomic E-state index is -3.56. The molecule has 2 rings (SSSR count). The summed E-state index contributed by atoms with van der Waals surface area (Å²) in [6.45, 7) is 1.79. The van der Waals surface area contributed by atoms with Crippen molar-refractivity contribution in [2.24, 2.45) is 10.9 Å². The summed E-state index contributed by atoms with van der Waals surface area (Å²) in [5.41, 5.74) is 0.438. The zero-order valence-corrected chi connectivity index (χ0v) is 10.1. The van der Waals surface area contributed by atoms with Gasteiger partial charge in [0.05, 0.1) is 24.2 Å². The van der Waals surface area contributed by atoms with Gasteiger partial charge in [0.1, 0.15) is 11.2 Å². The van der Waals surface area contributed by atoms with Gasteiger partial charge in [-0.05, 0) is 19.1 Å². The molecule has 1 aromatic carbocycles. The lowest BCUT2D eigenvalue weighted by atomic mass is 10.2. The quantitative estimate of drug-likeness (QED) is 0.797. The van der Waals surface area contributed by atoms with E-state index >= 15 is 0 Å². The number of para-hydroxylation sites is 1. The van der Waals surface area contributed by atoms with Crippen molar-refractivity contribution in [3.8, 4) is 6.07 Å². The zero-order valence-electron chi connectivity index (χ0n) is 9.24. The summed E-state index contributed by atoms with van der Waals surface area (Å²) in [6, 6.07) is 8.56. The fourth-order valence-electron chi connectivity index (χ4n) is 1.55. The van der Waals surface area contributed by atoms with Crippen LogP contribution in [0.3, 0.4) is 0 Å². The van der Waals surface area contributed by atoms with Gasteiger partial charge >= 0.3 is 0 Å². The average Bonchev–Trinajstić information content (AvgIpc) is 2.33. The van der Waals surface area contributed by atoms with E-state index in [4.69, 9.17) is 5.26 Å². The number of nitriles is 1. The van der Waals surface area contributed by atoms with Gasteiger partial charge in [0, 0.05) is 0 Å². The first-order valence-electron chi connectivity index (χ1n) is 5.10. The summed E-state index contributed by atoms with van der Waals surface area (Å²) in [5, 5.41) is 8.71. The van der Waals surface area contributed by atoms with Crippen LogP contribution in [-0.4, -0.2) is 25.6 Å². The molecule has 17 heavy (non-hydrogen) atoms. The maximum Gasteiger partial charge on any atom is 0.267 e. The highest BCUT2D eigenvalue weighted by Crippen LogP contribution is 2.29. The van der Waals surface area contributed by atoms with Gasteiger partial charge in [0.2, 0.25) is 0 Å². The van der Waals surface area contributed by atoms with Gasteiger partial charge in [-0.1, -0.05) is 12.1 Å². The first-order chi connectivity index (χ1) is 8.05. The first-order valence-corrected chi connectivity index (χ1v) is 6.54. The van der Waals surface area contributed by atoms with Crippen molar-refractivity contribution >= 4 is 22.0 Å². The molecular weight excluding hydrogens is 238 g/mol. The fourth-order valence-corrected chi connectivity index (χ4v) is 3.03. The fraction of sp³-hybridized carbons (Fsp3) is 0.273. The Morgan fingerprint density at radius 3 is 2.88 bits per heavy atom. The second-order valence-corrected chi connectivity index (χ2v) is 5.68. The lowest BCUT2D eigenvalue weighted by molar-refractivity contribution is 0.495. The van der Waals surface area contributed by atoms with Gasteiger partial charge in [-0.3, -0.25) is 4.31 Å². The molecule has 0 spiro atoms. The molecule has 0 fully saturated rings. The number of hydrogen-bond donors (Lipinski definition) is 0. The Labute approximate surface area is 100 Å². The summed E-state index contributed by atoms with van der Waals surface area (Å²) in [5.74, 6) is -0.374. The van der Waals surface area contributed by atoms with E-state index in [1.165, 1.54) is 12.4 Å². The molecule has 1 aromatic rings.